The van der Waals surface area contributed by atoms with Crippen molar-refractivity contribution >= 4 is 17.5 Å². The fourth-order valence-corrected chi connectivity index (χ4v) is 3.58. The average Bonchev–Trinajstić information content (AvgIpc) is 2.69. The standard InChI is InChI=1S/C21H24ClFN2O2/c22-19-7-2-1-6-18(19)20(25-10-12-27-13-11-25)15-24-21(26)9-8-16-4-3-5-17(23)14-16/h1-7,14,20H,8-13,15H2,(H,24,26)/t20-/m1/s1. The maximum absolute atomic E-state index is 13.2. The van der Waals surface area contributed by atoms with E-state index in [0.717, 1.165) is 24.2 Å². The monoisotopic (exact) mass is 390 g/mol. The molecule has 0 aromatic heterocycles. The Morgan fingerprint density at radius 2 is 1.96 bits per heavy atom. The predicted octanol–water partition coefficient (Wildman–Crippen LogP) is 3.60. The van der Waals surface area contributed by atoms with Crippen LogP contribution >= 0.6 is 11.6 Å². The molecule has 0 bridgehead atoms. The Balaban J connectivity index is 1.60. The smallest absolute Gasteiger partial charge is 0.220 e. The van der Waals surface area contributed by atoms with Gasteiger partial charge in [-0.25, -0.2) is 4.39 Å². The summed E-state index contributed by atoms with van der Waals surface area (Å²) in [6, 6.07) is 14.1. The molecule has 0 spiro atoms. The zero-order valence-corrected chi connectivity index (χ0v) is 15.9. The molecule has 144 valence electrons. The van der Waals surface area contributed by atoms with E-state index < -0.39 is 0 Å². The summed E-state index contributed by atoms with van der Waals surface area (Å²) in [4.78, 5) is 14.6. The summed E-state index contributed by atoms with van der Waals surface area (Å²) in [6.45, 7) is 3.43. The van der Waals surface area contributed by atoms with Gasteiger partial charge in [0.15, 0.2) is 0 Å². The average molecular weight is 391 g/mol. The Bertz CT molecular complexity index is 765. The number of ether oxygens (including phenoxy) is 1. The molecular formula is C21H24ClFN2O2. The fraction of sp³-hybridized carbons (Fsp3) is 0.381. The van der Waals surface area contributed by atoms with Gasteiger partial charge in [-0.15, -0.1) is 0 Å². The summed E-state index contributed by atoms with van der Waals surface area (Å²) < 4.78 is 18.7. The van der Waals surface area contributed by atoms with Crippen LogP contribution in [-0.2, 0) is 16.0 Å². The molecule has 1 atom stereocenters. The zero-order chi connectivity index (χ0) is 19.1. The van der Waals surface area contributed by atoms with Crippen molar-refractivity contribution in [2.45, 2.75) is 18.9 Å². The van der Waals surface area contributed by atoms with Crippen LogP contribution in [0.1, 0.15) is 23.6 Å². The van der Waals surface area contributed by atoms with Crippen molar-refractivity contribution in [1.82, 2.24) is 10.2 Å². The van der Waals surface area contributed by atoms with Gasteiger partial charge in [0.25, 0.3) is 0 Å². The van der Waals surface area contributed by atoms with Gasteiger partial charge in [0.05, 0.1) is 19.3 Å². The Morgan fingerprint density at radius 1 is 1.19 bits per heavy atom. The van der Waals surface area contributed by atoms with E-state index >= 15 is 0 Å². The summed E-state index contributed by atoms with van der Waals surface area (Å²) in [5.41, 5.74) is 1.83. The predicted molar refractivity (Wildman–Crippen MR) is 104 cm³/mol. The number of nitrogens with zero attached hydrogens (tertiary/aromatic N) is 1. The van der Waals surface area contributed by atoms with Gasteiger partial charge in [-0.3, -0.25) is 9.69 Å². The van der Waals surface area contributed by atoms with E-state index in [0.29, 0.717) is 37.6 Å². The summed E-state index contributed by atoms with van der Waals surface area (Å²) in [7, 11) is 0. The molecular weight excluding hydrogens is 367 g/mol. The quantitative estimate of drug-likeness (QED) is 0.785. The Hall–Kier alpha value is -1.95. The summed E-state index contributed by atoms with van der Waals surface area (Å²) >= 11 is 6.40. The highest BCUT2D eigenvalue weighted by Crippen LogP contribution is 2.27. The minimum atomic E-state index is -0.279. The molecule has 0 radical (unpaired) electrons. The lowest BCUT2D eigenvalue weighted by Gasteiger charge is -2.35. The molecule has 3 rings (SSSR count). The number of aryl methyl sites for hydroxylation is 1. The van der Waals surface area contributed by atoms with Crippen LogP contribution in [-0.4, -0.2) is 43.7 Å². The molecule has 6 heteroatoms. The van der Waals surface area contributed by atoms with Crippen LogP contribution in [0.4, 0.5) is 4.39 Å². The van der Waals surface area contributed by atoms with Gasteiger partial charge in [0.1, 0.15) is 5.82 Å². The molecule has 1 aliphatic heterocycles. The highest BCUT2D eigenvalue weighted by atomic mass is 35.5. The summed E-state index contributed by atoms with van der Waals surface area (Å²) in [5.74, 6) is -0.330. The first-order valence-corrected chi connectivity index (χ1v) is 9.58. The van der Waals surface area contributed by atoms with Crippen LogP contribution in [0.15, 0.2) is 48.5 Å². The van der Waals surface area contributed by atoms with Crippen molar-refractivity contribution in [1.29, 1.82) is 0 Å². The molecule has 2 aromatic carbocycles. The first kappa shape index (κ1) is 19.8. The normalized spacial score (nSPS) is 16.1. The van der Waals surface area contributed by atoms with E-state index in [1.165, 1.54) is 12.1 Å². The minimum absolute atomic E-state index is 0.000666. The lowest BCUT2D eigenvalue weighted by Crippen LogP contribution is -2.44. The third kappa shape index (κ3) is 5.76. The lowest BCUT2D eigenvalue weighted by atomic mass is 10.0. The van der Waals surface area contributed by atoms with Crippen molar-refractivity contribution < 1.29 is 13.9 Å². The van der Waals surface area contributed by atoms with Gasteiger partial charge in [0.2, 0.25) is 5.91 Å². The molecule has 1 N–H and O–H groups in total. The SMILES string of the molecule is O=C(CCc1cccc(F)c1)NC[C@H](c1ccccc1Cl)N1CCOCC1. The number of nitrogens with one attached hydrogen (secondary N) is 1. The van der Waals surface area contributed by atoms with Gasteiger partial charge < -0.3 is 10.1 Å². The first-order valence-electron chi connectivity index (χ1n) is 9.21. The summed E-state index contributed by atoms with van der Waals surface area (Å²) in [5, 5.41) is 3.71. The fourth-order valence-electron chi connectivity index (χ4n) is 3.32. The lowest BCUT2D eigenvalue weighted by molar-refractivity contribution is -0.121. The van der Waals surface area contributed by atoms with Gasteiger partial charge in [-0.05, 0) is 35.7 Å². The second kappa shape index (κ2) is 9.83. The van der Waals surface area contributed by atoms with E-state index in [9.17, 15) is 9.18 Å². The van der Waals surface area contributed by atoms with Gasteiger partial charge in [0, 0.05) is 31.1 Å². The van der Waals surface area contributed by atoms with Crippen LogP contribution < -0.4 is 5.32 Å². The highest BCUT2D eigenvalue weighted by Gasteiger charge is 2.24. The van der Waals surface area contributed by atoms with Crippen LogP contribution in [0.5, 0.6) is 0 Å². The van der Waals surface area contributed by atoms with Crippen molar-refractivity contribution in [3.8, 4) is 0 Å². The largest absolute Gasteiger partial charge is 0.379 e. The van der Waals surface area contributed by atoms with Crippen molar-refractivity contribution in [2.75, 3.05) is 32.8 Å². The molecule has 0 unspecified atom stereocenters. The number of halogens is 2. The first-order chi connectivity index (χ1) is 13.1. The number of hydrogen-bond acceptors (Lipinski definition) is 3. The zero-order valence-electron chi connectivity index (χ0n) is 15.2. The van der Waals surface area contributed by atoms with Crippen LogP contribution in [0, 0.1) is 5.82 Å². The van der Waals surface area contributed by atoms with Gasteiger partial charge in [-0.1, -0.05) is 41.9 Å². The molecule has 0 saturated carbocycles. The molecule has 2 aromatic rings. The summed E-state index contributed by atoms with van der Waals surface area (Å²) in [6.07, 6.45) is 0.833. The van der Waals surface area contributed by atoms with Crippen molar-refractivity contribution in [3.05, 3.63) is 70.5 Å². The number of benzene rings is 2. The third-order valence-electron chi connectivity index (χ3n) is 4.77. The highest BCUT2D eigenvalue weighted by molar-refractivity contribution is 6.31. The molecule has 1 heterocycles. The van der Waals surface area contributed by atoms with Crippen molar-refractivity contribution in [3.63, 3.8) is 0 Å². The molecule has 1 fully saturated rings. The number of carbonyl (C=O) groups is 1. The number of amides is 1. The van der Waals surface area contributed by atoms with E-state index in [-0.39, 0.29) is 17.8 Å². The molecule has 1 amide bonds. The Kier molecular flexibility index (Phi) is 7.21. The molecule has 27 heavy (non-hydrogen) atoms. The number of carbonyl (C=O) groups excluding carboxylic acids is 1. The minimum Gasteiger partial charge on any atom is -0.379 e. The number of rotatable bonds is 7. The van der Waals surface area contributed by atoms with Crippen LogP contribution in [0.2, 0.25) is 5.02 Å². The topological polar surface area (TPSA) is 41.6 Å². The molecule has 1 aliphatic rings. The Morgan fingerprint density at radius 3 is 2.70 bits per heavy atom. The molecule has 1 saturated heterocycles. The molecule has 4 nitrogen and oxygen atoms in total. The van der Waals surface area contributed by atoms with Gasteiger partial charge >= 0.3 is 0 Å². The number of morpholine rings is 1. The second-order valence-corrected chi connectivity index (χ2v) is 7.03. The second-order valence-electron chi connectivity index (χ2n) is 6.62. The Labute approximate surface area is 164 Å². The van der Waals surface area contributed by atoms with Crippen LogP contribution in [0.3, 0.4) is 0 Å². The van der Waals surface area contributed by atoms with E-state index in [1.807, 2.05) is 30.3 Å². The van der Waals surface area contributed by atoms with E-state index in [1.54, 1.807) is 6.07 Å². The number of hydrogen-bond donors (Lipinski definition) is 1. The molecule has 0 aliphatic carbocycles. The van der Waals surface area contributed by atoms with Gasteiger partial charge in [-0.2, -0.15) is 0 Å². The van der Waals surface area contributed by atoms with Crippen molar-refractivity contribution in [2.24, 2.45) is 0 Å². The van der Waals surface area contributed by atoms with Crippen LogP contribution in [0.25, 0.3) is 0 Å². The maximum Gasteiger partial charge on any atom is 0.220 e. The van der Waals surface area contributed by atoms with E-state index in [4.69, 9.17) is 16.3 Å². The third-order valence-corrected chi connectivity index (χ3v) is 5.12. The maximum atomic E-state index is 13.2. The van der Waals surface area contributed by atoms with E-state index in [2.05, 4.69) is 10.2 Å².